The Bertz CT molecular complexity index is 447. The molecule has 4 amide bonds. The fourth-order valence-corrected chi connectivity index (χ4v) is 2.60. The molecule has 2 N–H and O–H groups in total. The van der Waals surface area contributed by atoms with Gasteiger partial charge in [0.05, 0.1) is 6.10 Å². The molecule has 0 spiro atoms. The minimum Gasteiger partial charge on any atom is -0.393 e. The first-order chi connectivity index (χ1) is 9.22. The van der Waals surface area contributed by atoms with Crippen LogP contribution >= 0.6 is 0 Å². The van der Waals surface area contributed by atoms with E-state index in [1.807, 2.05) is 0 Å². The van der Waals surface area contributed by atoms with E-state index < -0.39 is 17.7 Å². The highest BCUT2D eigenvalue weighted by Gasteiger charge is 2.45. The number of likely N-dealkylation sites (tertiary alicyclic amines) is 1. The van der Waals surface area contributed by atoms with Crippen LogP contribution in [0, 0.1) is 5.92 Å². The lowest BCUT2D eigenvalue weighted by molar-refractivity contribution is -0.138. The van der Waals surface area contributed by atoms with Crippen LogP contribution in [0.3, 0.4) is 0 Å². The second-order valence-corrected chi connectivity index (χ2v) is 6.08. The Morgan fingerprint density at radius 3 is 2.60 bits per heavy atom. The van der Waals surface area contributed by atoms with Crippen LogP contribution in [0.25, 0.3) is 0 Å². The molecule has 20 heavy (non-hydrogen) atoms. The second-order valence-electron chi connectivity index (χ2n) is 6.08. The summed E-state index contributed by atoms with van der Waals surface area (Å²) < 4.78 is 0. The Morgan fingerprint density at radius 2 is 2.15 bits per heavy atom. The summed E-state index contributed by atoms with van der Waals surface area (Å²) in [5.74, 6) is -0.574. The maximum atomic E-state index is 12.1. The molecule has 2 rings (SSSR count). The Balaban J connectivity index is 1.96. The van der Waals surface area contributed by atoms with E-state index >= 15 is 0 Å². The first-order valence-corrected chi connectivity index (χ1v) is 6.82. The van der Waals surface area contributed by atoms with Crippen molar-refractivity contribution in [1.82, 2.24) is 15.1 Å². The molecule has 0 aliphatic carbocycles. The zero-order chi connectivity index (χ0) is 15.1. The van der Waals surface area contributed by atoms with Crippen LogP contribution in [0.2, 0.25) is 0 Å². The summed E-state index contributed by atoms with van der Waals surface area (Å²) in [6.45, 7) is 5.72. The van der Waals surface area contributed by atoms with E-state index in [1.54, 1.807) is 25.7 Å². The summed E-state index contributed by atoms with van der Waals surface area (Å²) >= 11 is 0. The lowest BCUT2D eigenvalue weighted by Gasteiger charge is -2.21. The van der Waals surface area contributed by atoms with Crippen LogP contribution < -0.4 is 5.32 Å². The lowest BCUT2D eigenvalue weighted by atomic mass is 10.0. The van der Waals surface area contributed by atoms with Gasteiger partial charge < -0.3 is 15.3 Å². The summed E-state index contributed by atoms with van der Waals surface area (Å²) in [5, 5.41) is 12.1. The van der Waals surface area contributed by atoms with Gasteiger partial charge in [0.15, 0.2) is 0 Å². The smallest absolute Gasteiger partial charge is 0.325 e. The van der Waals surface area contributed by atoms with E-state index in [1.165, 1.54) is 0 Å². The van der Waals surface area contributed by atoms with Crippen molar-refractivity contribution in [3.63, 3.8) is 0 Å². The van der Waals surface area contributed by atoms with E-state index in [0.717, 1.165) is 11.3 Å². The zero-order valence-electron chi connectivity index (χ0n) is 12.0. The van der Waals surface area contributed by atoms with E-state index in [9.17, 15) is 19.5 Å². The maximum Gasteiger partial charge on any atom is 0.325 e. The topological polar surface area (TPSA) is 89.9 Å². The molecule has 2 aliphatic heterocycles. The number of amides is 4. The van der Waals surface area contributed by atoms with E-state index in [0.29, 0.717) is 13.1 Å². The number of aliphatic hydroxyl groups excluding tert-OH is 1. The first kappa shape index (κ1) is 14.8. The number of urea groups is 1. The minimum atomic E-state index is -0.954. The van der Waals surface area contributed by atoms with Gasteiger partial charge in [-0.2, -0.15) is 0 Å². The SMILES string of the molecule is CC(O)C1CCN(C(=O)CN2C(=O)NC(C)(C)C2=O)C1. The maximum absolute atomic E-state index is 12.1. The average Bonchev–Trinajstić information content (AvgIpc) is 2.89. The van der Waals surface area contributed by atoms with Crippen molar-refractivity contribution in [2.75, 3.05) is 19.6 Å². The van der Waals surface area contributed by atoms with Crippen LogP contribution in [0.1, 0.15) is 27.2 Å². The molecule has 2 heterocycles. The van der Waals surface area contributed by atoms with Gasteiger partial charge in [-0.05, 0) is 27.2 Å². The predicted molar refractivity (Wildman–Crippen MR) is 70.7 cm³/mol. The van der Waals surface area contributed by atoms with Gasteiger partial charge in [0.1, 0.15) is 12.1 Å². The van der Waals surface area contributed by atoms with Gasteiger partial charge in [-0.15, -0.1) is 0 Å². The summed E-state index contributed by atoms with van der Waals surface area (Å²) in [6, 6.07) is -0.528. The predicted octanol–water partition coefficient (Wildman–Crippen LogP) is -0.454. The minimum absolute atomic E-state index is 0.0681. The molecule has 2 atom stereocenters. The number of carbonyl (C=O) groups is 3. The lowest BCUT2D eigenvalue weighted by Crippen LogP contribution is -2.44. The van der Waals surface area contributed by atoms with Crippen LogP contribution in [0.5, 0.6) is 0 Å². The molecule has 0 bridgehead atoms. The Hall–Kier alpha value is -1.63. The molecule has 0 aromatic heterocycles. The molecule has 0 saturated carbocycles. The molecule has 7 heteroatoms. The Labute approximate surface area is 117 Å². The third-order valence-corrected chi connectivity index (χ3v) is 4.00. The van der Waals surface area contributed by atoms with Gasteiger partial charge in [-0.1, -0.05) is 0 Å². The monoisotopic (exact) mass is 283 g/mol. The summed E-state index contributed by atoms with van der Waals surface area (Å²) in [5.41, 5.74) is -0.954. The zero-order valence-corrected chi connectivity index (χ0v) is 12.0. The molecular formula is C13H21N3O4. The van der Waals surface area contributed by atoms with E-state index in [-0.39, 0.29) is 24.3 Å². The normalized spacial score (nSPS) is 26.9. The van der Waals surface area contributed by atoms with Gasteiger partial charge in [-0.25, -0.2) is 4.79 Å². The van der Waals surface area contributed by atoms with Crippen molar-refractivity contribution >= 4 is 17.8 Å². The molecule has 2 saturated heterocycles. The molecule has 112 valence electrons. The summed E-state index contributed by atoms with van der Waals surface area (Å²) in [7, 11) is 0. The highest BCUT2D eigenvalue weighted by molar-refractivity contribution is 6.08. The van der Waals surface area contributed by atoms with Crippen LogP contribution in [0.4, 0.5) is 4.79 Å². The largest absolute Gasteiger partial charge is 0.393 e. The first-order valence-electron chi connectivity index (χ1n) is 6.82. The Morgan fingerprint density at radius 1 is 1.50 bits per heavy atom. The second kappa shape index (κ2) is 5.05. The number of carbonyl (C=O) groups excluding carboxylic acids is 3. The van der Waals surface area contributed by atoms with Crippen LogP contribution in [0.15, 0.2) is 0 Å². The van der Waals surface area contributed by atoms with Crippen molar-refractivity contribution in [2.24, 2.45) is 5.92 Å². The molecule has 0 radical (unpaired) electrons. The third-order valence-electron chi connectivity index (χ3n) is 4.00. The number of rotatable bonds is 3. The van der Waals surface area contributed by atoms with Crippen LogP contribution in [-0.2, 0) is 9.59 Å². The number of imide groups is 1. The quantitative estimate of drug-likeness (QED) is 0.686. The summed E-state index contributed by atoms with van der Waals surface area (Å²) in [6.07, 6.45) is 0.290. The molecule has 2 fully saturated rings. The van der Waals surface area contributed by atoms with E-state index in [4.69, 9.17) is 0 Å². The average molecular weight is 283 g/mol. The number of hydrogen-bond acceptors (Lipinski definition) is 4. The molecule has 2 unspecified atom stereocenters. The Kier molecular flexibility index (Phi) is 3.73. The standard InChI is InChI=1S/C13H21N3O4/c1-8(17)9-4-5-15(6-9)10(18)7-16-11(19)13(2,3)14-12(16)20/h8-9,17H,4-7H2,1-3H3,(H,14,20). The van der Waals surface area contributed by atoms with Gasteiger partial charge in [0.2, 0.25) is 5.91 Å². The summed E-state index contributed by atoms with van der Waals surface area (Å²) in [4.78, 5) is 38.4. The molecule has 2 aliphatic rings. The van der Waals surface area contributed by atoms with Gasteiger partial charge >= 0.3 is 6.03 Å². The number of aliphatic hydroxyl groups is 1. The van der Waals surface area contributed by atoms with Crippen molar-refractivity contribution in [1.29, 1.82) is 0 Å². The molecule has 0 aromatic rings. The van der Waals surface area contributed by atoms with Crippen molar-refractivity contribution in [3.8, 4) is 0 Å². The number of nitrogens with one attached hydrogen (secondary N) is 1. The van der Waals surface area contributed by atoms with Crippen LogP contribution in [-0.4, -0.2) is 64.0 Å². The fraction of sp³-hybridized carbons (Fsp3) is 0.769. The number of nitrogens with zero attached hydrogens (tertiary/aromatic N) is 2. The highest BCUT2D eigenvalue weighted by Crippen LogP contribution is 2.21. The van der Waals surface area contributed by atoms with Gasteiger partial charge in [0.25, 0.3) is 5.91 Å². The molecular weight excluding hydrogens is 262 g/mol. The van der Waals surface area contributed by atoms with Gasteiger partial charge in [-0.3, -0.25) is 14.5 Å². The fourth-order valence-electron chi connectivity index (χ4n) is 2.60. The molecule has 0 aromatic carbocycles. The molecule has 7 nitrogen and oxygen atoms in total. The third kappa shape index (κ3) is 2.63. The van der Waals surface area contributed by atoms with Crippen molar-refractivity contribution in [3.05, 3.63) is 0 Å². The van der Waals surface area contributed by atoms with Gasteiger partial charge in [0, 0.05) is 19.0 Å². The highest BCUT2D eigenvalue weighted by atomic mass is 16.3. The van der Waals surface area contributed by atoms with Crippen molar-refractivity contribution in [2.45, 2.75) is 38.8 Å². The van der Waals surface area contributed by atoms with E-state index in [2.05, 4.69) is 5.32 Å². The van der Waals surface area contributed by atoms with Crippen molar-refractivity contribution < 1.29 is 19.5 Å². The number of hydrogen-bond donors (Lipinski definition) is 2.